The van der Waals surface area contributed by atoms with Crippen molar-refractivity contribution in [2.45, 2.75) is 26.1 Å². The number of carboxylic acid groups (broad SMARTS) is 2. The van der Waals surface area contributed by atoms with Gasteiger partial charge in [-0.15, -0.1) is 0 Å². The SMILES string of the molecule is C=CCOC(=O)O.C=CCOC(=O)O.CC(O)CO.CC(O)CO. The minimum absolute atomic E-state index is 0.0648. The zero-order valence-electron chi connectivity index (χ0n) is 13.9. The van der Waals surface area contributed by atoms with E-state index in [1.165, 1.54) is 26.0 Å². The van der Waals surface area contributed by atoms with Gasteiger partial charge in [-0.25, -0.2) is 9.59 Å². The average molecular weight is 356 g/mol. The van der Waals surface area contributed by atoms with Crippen molar-refractivity contribution < 1.29 is 49.7 Å². The highest BCUT2D eigenvalue weighted by Gasteiger charge is 1.88. The molecular formula is C14H28O10. The van der Waals surface area contributed by atoms with Gasteiger partial charge in [0.15, 0.2) is 0 Å². The number of aliphatic hydroxyl groups is 4. The van der Waals surface area contributed by atoms with Gasteiger partial charge in [0.1, 0.15) is 13.2 Å². The molecule has 0 aliphatic heterocycles. The Hall–Kier alpha value is -2.14. The molecule has 2 unspecified atom stereocenters. The van der Waals surface area contributed by atoms with Crippen molar-refractivity contribution in [2.75, 3.05) is 26.4 Å². The van der Waals surface area contributed by atoms with E-state index in [2.05, 4.69) is 22.6 Å². The third-order valence-corrected chi connectivity index (χ3v) is 1.18. The van der Waals surface area contributed by atoms with Crippen LogP contribution in [-0.2, 0) is 9.47 Å². The van der Waals surface area contributed by atoms with E-state index in [4.69, 9.17) is 30.6 Å². The zero-order valence-corrected chi connectivity index (χ0v) is 13.9. The Morgan fingerprint density at radius 1 is 0.875 bits per heavy atom. The van der Waals surface area contributed by atoms with Gasteiger partial charge in [-0.3, -0.25) is 0 Å². The molecule has 0 fully saturated rings. The Kier molecular flexibility index (Phi) is 32.0. The topological polar surface area (TPSA) is 174 Å². The first-order chi connectivity index (χ1) is 11.1. The van der Waals surface area contributed by atoms with Gasteiger partial charge in [0, 0.05) is 0 Å². The average Bonchev–Trinajstić information content (AvgIpc) is 2.52. The number of carbonyl (C=O) groups is 2. The van der Waals surface area contributed by atoms with Gasteiger partial charge < -0.3 is 40.1 Å². The van der Waals surface area contributed by atoms with E-state index in [1.54, 1.807) is 0 Å². The van der Waals surface area contributed by atoms with Crippen LogP contribution < -0.4 is 0 Å². The second kappa shape index (κ2) is 25.8. The Bertz CT molecular complexity index is 272. The molecule has 0 aromatic rings. The van der Waals surface area contributed by atoms with E-state index in [0.29, 0.717) is 0 Å². The Labute approximate surface area is 140 Å². The third-order valence-electron chi connectivity index (χ3n) is 1.18. The molecule has 0 aromatic heterocycles. The van der Waals surface area contributed by atoms with Crippen molar-refractivity contribution in [2.24, 2.45) is 0 Å². The molecule has 10 heteroatoms. The van der Waals surface area contributed by atoms with Crippen LogP contribution >= 0.6 is 0 Å². The van der Waals surface area contributed by atoms with Gasteiger partial charge in [0.05, 0.1) is 25.4 Å². The van der Waals surface area contributed by atoms with Gasteiger partial charge in [0.2, 0.25) is 0 Å². The lowest BCUT2D eigenvalue weighted by atomic mass is 10.5. The Balaban J connectivity index is -0.000000113. The molecule has 0 amide bonds. The predicted molar refractivity (Wildman–Crippen MR) is 85.9 cm³/mol. The smallest absolute Gasteiger partial charge is 0.450 e. The summed E-state index contributed by atoms with van der Waals surface area (Å²) in [4.78, 5) is 19.0. The summed E-state index contributed by atoms with van der Waals surface area (Å²) < 4.78 is 7.98. The molecule has 0 radical (unpaired) electrons. The van der Waals surface area contributed by atoms with Crippen LogP contribution in [0.4, 0.5) is 9.59 Å². The largest absolute Gasteiger partial charge is 0.506 e. The highest BCUT2D eigenvalue weighted by Crippen LogP contribution is 1.74. The first kappa shape index (κ1) is 29.8. The Morgan fingerprint density at radius 2 is 1.08 bits per heavy atom. The zero-order chi connectivity index (χ0) is 20.0. The predicted octanol–water partition coefficient (Wildman–Crippen LogP) is 0.453. The molecule has 0 rings (SSSR count). The van der Waals surface area contributed by atoms with Gasteiger partial charge in [0.25, 0.3) is 0 Å². The van der Waals surface area contributed by atoms with Crippen molar-refractivity contribution in [3.05, 3.63) is 25.3 Å². The highest BCUT2D eigenvalue weighted by molar-refractivity contribution is 5.57. The molecule has 24 heavy (non-hydrogen) atoms. The number of hydrogen-bond acceptors (Lipinski definition) is 8. The standard InChI is InChI=1S/2C4H6O3.2C3H8O2/c2*1-2-3-7-4(5)6;2*1-3(5)2-4/h2*2H,1,3H2,(H,5,6);2*3-5H,2H2,1H3. The molecule has 0 heterocycles. The van der Waals surface area contributed by atoms with E-state index in [0.717, 1.165) is 0 Å². The molecule has 0 aliphatic carbocycles. The van der Waals surface area contributed by atoms with Crippen molar-refractivity contribution in [3.63, 3.8) is 0 Å². The minimum Gasteiger partial charge on any atom is -0.450 e. The van der Waals surface area contributed by atoms with Crippen molar-refractivity contribution in [1.82, 2.24) is 0 Å². The van der Waals surface area contributed by atoms with E-state index in [-0.39, 0.29) is 26.4 Å². The molecule has 0 aromatic carbocycles. The fourth-order valence-electron chi connectivity index (χ4n) is 0.260. The molecule has 0 spiro atoms. The molecule has 10 nitrogen and oxygen atoms in total. The van der Waals surface area contributed by atoms with Gasteiger partial charge in [-0.1, -0.05) is 25.3 Å². The summed E-state index contributed by atoms with van der Waals surface area (Å²) in [5.74, 6) is 0. The second-order valence-corrected chi connectivity index (χ2v) is 3.79. The third kappa shape index (κ3) is 72.7. The van der Waals surface area contributed by atoms with Crippen molar-refractivity contribution in [1.29, 1.82) is 0 Å². The van der Waals surface area contributed by atoms with Gasteiger partial charge in [-0.2, -0.15) is 0 Å². The van der Waals surface area contributed by atoms with Crippen LogP contribution in [0.25, 0.3) is 0 Å². The van der Waals surface area contributed by atoms with Crippen molar-refractivity contribution in [3.8, 4) is 0 Å². The fraction of sp³-hybridized carbons (Fsp3) is 0.571. The van der Waals surface area contributed by atoms with E-state index in [9.17, 15) is 9.59 Å². The number of aliphatic hydroxyl groups excluding tert-OH is 4. The maximum atomic E-state index is 9.49. The quantitative estimate of drug-likeness (QED) is 0.289. The first-order valence-corrected chi connectivity index (χ1v) is 6.59. The van der Waals surface area contributed by atoms with Crippen LogP contribution in [0.15, 0.2) is 25.3 Å². The van der Waals surface area contributed by atoms with E-state index >= 15 is 0 Å². The summed E-state index contributed by atoms with van der Waals surface area (Å²) in [5, 5.41) is 47.6. The molecular weight excluding hydrogens is 328 g/mol. The molecule has 0 saturated heterocycles. The summed E-state index contributed by atoms with van der Waals surface area (Å²) in [7, 11) is 0. The summed E-state index contributed by atoms with van der Waals surface area (Å²) in [6.45, 7) is 9.40. The molecule has 0 saturated carbocycles. The van der Waals surface area contributed by atoms with Gasteiger partial charge >= 0.3 is 12.3 Å². The first-order valence-electron chi connectivity index (χ1n) is 6.59. The number of rotatable bonds is 6. The molecule has 6 N–H and O–H groups in total. The lowest BCUT2D eigenvalue weighted by Gasteiger charge is -1.90. The van der Waals surface area contributed by atoms with Crippen LogP contribution in [0.2, 0.25) is 0 Å². The summed E-state index contributed by atoms with van der Waals surface area (Å²) in [6, 6.07) is 0. The van der Waals surface area contributed by atoms with E-state index < -0.39 is 24.5 Å². The fourth-order valence-corrected chi connectivity index (χ4v) is 0.260. The highest BCUT2D eigenvalue weighted by atomic mass is 16.7. The van der Waals surface area contributed by atoms with Crippen molar-refractivity contribution >= 4 is 12.3 Å². The number of ether oxygens (including phenoxy) is 2. The van der Waals surface area contributed by atoms with Crippen LogP contribution in [0.3, 0.4) is 0 Å². The normalized spacial score (nSPS) is 10.6. The Morgan fingerprint density at radius 3 is 1.12 bits per heavy atom. The minimum atomic E-state index is -1.26. The lowest BCUT2D eigenvalue weighted by Crippen LogP contribution is -2.03. The molecule has 0 bridgehead atoms. The summed E-state index contributed by atoms with van der Waals surface area (Å²) >= 11 is 0. The van der Waals surface area contributed by atoms with E-state index in [1.807, 2.05) is 0 Å². The van der Waals surface area contributed by atoms with Crippen LogP contribution in [0.5, 0.6) is 0 Å². The second-order valence-electron chi connectivity index (χ2n) is 3.79. The number of hydrogen-bond donors (Lipinski definition) is 6. The maximum Gasteiger partial charge on any atom is 0.506 e. The lowest BCUT2D eigenvalue weighted by molar-refractivity contribution is 0.101. The van der Waals surface area contributed by atoms with Crippen LogP contribution in [0, 0.1) is 0 Å². The maximum absolute atomic E-state index is 9.49. The van der Waals surface area contributed by atoms with Gasteiger partial charge in [-0.05, 0) is 13.8 Å². The summed E-state index contributed by atoms with van der Waals surface area (Å²) in [5.41, 5.74) is 0. The summed E-state index contributed by atoms with van der Waals surface area (Å²) in [6.07, 6.45) is -0.910. The van der Waals surface area contributed by atoms with Crippen LogP contribution in [-0.4, -0.2) is 81.6 Å². The molecule has 144 valence electrons. The van der Waals surface area contributed by atoms with Crippen LogP contribution in [0.1, 0.15) is 13.8 Å². The molecule has 0 aliphatic rings. The monoisotopic (exact) mass is 356 g/mol. The molecule has 2 atom stereocenters.